The minimum atomic E-state index is -0.418. The van der Waals surface area contributed by atoms with Crippen molar-refractivity contribution in [1.82, 2.24) is 4.98 Å². The maximum Gasteiger partial charge on any atom is 0.142 e. The zero-order chi connectivity index (χ0) is 13.1. The third-order valence-electron chi connectivity index (χ3n) is 2.73. The van der Waals surface area contributed by atoms with Crippen LogP contribution in [0.15, 0.2) is 36.4 Å². The highest BCUT2D eigenvalue weighted by molar-refractivity contribution is 6.30. The standard InChI is InChI=1S/C14H14ClFN2/c1-9-3-2-4-14(18-9)13(17)8-10-5-6-11(15)12(16)7-10/h2-7,13H,8,17H2,1H3. The van der Waals surface area contributed by atoms with Crippen LogP contribution in [0, 0.1) is 12.7 Å². The quantitative estimate of drug-likeness (QED) is 0.923. The second-order valence-corrected chi connectivity index (χ2v) is 4.67. The normalized spacial score (nSPS) is 12.4. The molecule has 0 saturated carbocycles. The van der Waals surface area contributed by atoms with Gasteiger partial charge in [0.05, 0.1) is 16.8 Å². The van der Waals surface area contributed by atoms with Crippen LogP contribution in [0.2, 0.25) is 5.02 Å². The molecule has 0 amide bonds. The number of hydrogen-bond donors (Lipinski definition) is 1. The van der Waals surface area contributed by atoms with Gasteiger partial charge < -0.3 is 5.73 Å². The van der Waals surface area contributed by atoms with Crippen LogP contribution in [-0.2, 0) is 6.42 Å². The van der Waals surface area contributed by atoms with Crippen LogP contribution in [0.4, 0.5) is 4.39 Å². The first-order valence-electron chi connectivity index (χ1n) is 5.69. The Balaban J connectivity index is 2.16. The second kappa shape index (κ2) is 5.46. The van der Waals surface area contributed by atoms with E-state index in [0.29, 0.717) is 6.42 Å². The van der Waals surface area contributed by atoms with E-state index in [0.717, 1.165) is 17.0 Å². The van der Waals surface area contributed by atoms with Crippen LogP contribution in [0.5, 0.6) is 0 Å². The smallest absolute Gasteiger partial charge is 0.142 e. The van der Waals surface area contributed by atoms with E-state index in [2.05, 4.69) is 4.98 Å². The van der Waals surface area contributed by atoms with E-state index < -0.39 is 5.82 Å². The number of pyridine rings is 1. The van der Waals surface area contributed by atoms with Gasteiger partial charge in [-0.2, -0.15) is 0 Å². The first-order valence-corrected chi connectivity index (χ1v) is 6.07. The summed E-state index contributed by atoms with van der Waals surface area (Å²) in [4.78, 5) is 4.36. The molecule has 1 aromatic heterocycles. The SMILES string of the molecule is Cc1cccc(C(N)Cc2ccc(Cl)c(F)c2)n1. The van der Waals surface area contributed by atoms with Crippen molar-refractivity contribution in [2.24, 2.45) is 5.73 Å². The number of rotatable bonds is 3. The predicted octanol–water partition coefficient (Wildman–Crippen LogP) is 3.43. The first-order chi connectivity index (χ1) is 8.56. The summed E-state index contributed by atoms with van der Waals surface area (Å²) in [5, 5.41) is 0.126. The van der Waals surface area contributed by atoms with Crippen molar-refractivity contribution in [3.05, 3.63) is 64.2 Å². The lowest BCUT2D eigenvalue weighted by molar-refractivity contribution is 0.621. The Morgan fingerprint density at radius 3 is 2.78 bits per heavy atom. The van der Waals surface area contributed by atoms with Crippen molar-refractivity contribution in [3.63, 3.8) is 0 Å². The van der Waals surface area contributed by atoms with E-state index in [9.17, 15) is 4.39 Å². The molecule has 2 rings (SSSR count). The number of hydrogen-bond acceptors (Lipinski definition) is 2. The molecule has 0 radical (unpaired) electrons. The molecule has 94 valence electrons. The van der Waals surface area contributed by atoms with Gasteiger partial charge in [0.2, 0.25) is 0 Å². The third kappa shape index (κ3) is 3.06. The number of benzene rings is 1. The van der Waals surface area contributed by atoms with Gasteiger partial charge in [-0.05, 0) is 43.2 Å². The molecule has 0 aliphatic rings. The van der Waals surface area contributed by atoms with Crippen LogP contribution in [-0.4, -0.2) is 4.98 Å². The highest BCUT2D eigenvalue weighted by atomic mass is 35.5. The van der Waals surface area contributed by atoms with Gasteiger partial charge in [-0.25, -0.2) is 4.39 Å². The minimum absolute atomic E-state index is 0.126. The molecular formula is C14H14ClFN2. The van der Waals surface area contributed by atoms with Gasteiger partial charge in [0.1, 0.15) is 5.82 Å². The number of halogens is 2. The third-order valence-corrected chi connectivity index (χ3v) is 3.04. The zero-order valence-corrected chi connectivity index (χ0v) is 10.8. The highest BCUT2D eigenvalue weighted by Gasteiger charge is 2.10. The summed E-state index contributed by atoms with van der Waals surface area (Å²) in [6.45, 7) is 1.91. The Bertz CT molecular complexity index is 557. The number of aromatic nitrogens is 1. The summed E-state index contributed by atoms with van der Waals surface area (Å²) >= 11 is 5.64. The van der Waals surface area contributed by atoms with Crippen LogP contribution in [0.25, 0.3) is 0 Å². The second-order valence-electron chi connectivity index (χ2n) is 4.26. The van der Waals surface area contributed by atoms with Gasteiger partial charge >= 0.3 is 0 Å². The van der Waals surface area contributed by atoms with E-state index in [1.165, 1.54) is 6.07 Å². The van der Waals surface area contributed by atoms with Crippen molar-refractivity contribution in [2.75, 3.05) is 0 Å². The Hall–Kier alpha value is -1.45. The molecule has 2 nitrogen and oxygen atoms in total. The molecule has 4 heteroatoms. The van der Waals surface area contributed by atoms with Gasteiger partial charge in [-0.1, -0.05) is 23.7 Å². The van der Waals surface area contributed by atoms with Crippen LogP contribution < -0.4 is 5.73 Å². The molecule has 18 heavy (non-hydrogen) atoms. The molecule has 1 aromatic carbocycles. The Morgan fingerprint density at radius 2 is 2.11 bits per heavy atom. The molecule has 0 spiro atoms. The van der Waals surface area contributed by atoms with Crippen molar-refractivity contribution in [2.45, 2.75) is 19.4 Å². The van der Waals surface area contributed by atoms with Gasteiger partial charge in [0.25, 0.3) is 0 Å². The molecule has 0 saturated heterocycles. The van der Waals surface area contributed by atoms with E-state index in [1.807, 2.05) is 25.1 Å². The summed E-state index contributed by atoms with van der Waals surface area (Å²) in [5.74, 6) is -0.418. The highest BCUT2D eigenvalue weighted by Crippen LogP contribution is 2.19. The number of nitrogens with two attached hydrogens (primary N) is 1. The lowest BCUT2D eigenvalue weighted by atomic mass is 10.0. The zero-order valence-electron chi connectivity index (χ0n) is 10.0. The average molecular weight is 265 g/mol. The predicted molar refractivity (Wildman–Crippen MR) is 71.0 cm³/mol. The maximum absolute atomic E-state index is 13.3. The largest absolute Gasteiger partial charge is 0.322 e. The number of aryl methyl sites for hydroxylation is 1. The molecule has 1 atom stereocenters. The lowest BCUT2D eigenvalue weighted by Gasteiger charge is -2.12. The van der Waals surface area contributed by atoms with Crippen LogP contribution in [0.3, 0.4) is 0 Å². The van der Waals surface area contributed by atoms with Gasteiger partial charge in [-0.15, -0.1) is 0 Å². The molecule has 1 unspecified atom stereocenters. The molecule has 2 N–H and O–H groups in total. The Labute approximate surface area is 111 Å². The first kappa shape index (κ1) is 13.0. The minimum Gasteiger partial charge on any atom is -0.322 e. The molecule has 0 fully saturated rings. The fourth-order valence-corrected chi connectivity index (χ4v) is 1.91. The Morgan fingerprint density at radius 1 is 1.33 bits per heavy atom. The fourth-order valence-electron chi connectivity index (χ4n) is 1.80. The van der Waals surface area contributed by atoms with E-state index in [4.69, 9.17) is 17.3 Å². The lowest BCUT2D eigenvalue weighted by Crippen LogP contribution is -2.15. The summed E-state index contributed by atoms with van der Waals surface area (Å²) in [6, 6.07) is 10.2. The average Bonchev–Trinajstić information content (AvgIpc) is 2.34. The molecule has 0 aliphatic carbocycles. The molecular weight excluding hydrogens is 251 g/mol. The van der Waals surface area contributed by atoms with Gasteiger partial charge in [-0.3, -0.25) is 4.98 Å². The van der Waals surface area contributed by atoms with Crippen molar-refractivity contribution in [1.29, 1.82) is 0 Å². The summed E-state index contributed by atoms with van der Waals surface area (Å²) in [6.07, 6.45) is 0.532. The van der Waals surface area contributed by atoms with Crippen molar-refractivity contribution < 1.29 is 4.39 Å². The summed E-state index contributed by atoms with van der Waals surface area (Å²) in [7, 11) is 0. The number of nitrogens with zero attached hydrogens (tertiary/aromatic N) is 1. The molecule has 2 aromatic rings. The van der Waals surface area contributed by atoms with Crippen molar-refractivity contribution >= 4 is 11.6 Å². The summed E-state index contributed by atoms with van der Waals surface area (Å²) < 4.78 is 13.3. The topological polar surface area (TPSA) is 38.9 Å². The van der Waals surface area contributed by atoms with Crippen LogP contribution >= 0.6 is 11.6 Å². The summed E-state index contributed by atoms with van der Waals surface area (Å²) in [5.41, 5.74) is 8.61. The fraction of sp³-hybridized carbons (Fsp3) is 0.214. The monoisotopic (exact) mass is 264 g/mol. The van der Waals surface area contributed by atoms with Gasteiger partial charge in [0.15, 0.2) is 0 Å². The van der Waals surface area contributed by atoms with Gasteiger partial charge in [0, 0.05) is 5.69 Å². The van der Waals surface area contributed by atoms with Crippen molar-refractivity contribution in [3.8, 4) is 0 Å². The molecule has 1 heterocycles. The van der Waals surface area contributed by atoms with Crippen LogP contribution in [0.1, 0.15) is 23.0 Å². The van der Waals surface area contributed by atoms with E-state index in [-0.39, 0.29) is 11.1 Å². The van der Waals surface area contributed by atoms with E-state index in [1.54, 1.807) is 12.1 Å². The van der Waals surface area contributed by atoms with E-state index >= 15 is 0 Å². The maximum atomic E-state index is 13.3. The molecule has 0 aliphatic heterocycles. The molecule has 0 bridgehead atoms. The Kier molecular flexibility index (Phi) is 3.94.